The standard InChI is InChI=1S/C21H17F4NO.C10H9F2NO3/c1-12-6-5-8-14(18(12)22)20(10-11-20)17-16(21(23,24)25)13-7-3-4-9-15(13)26(2)19(17)27;1-16-8(14)5-13-10(15)9-6(11)3-2-4-7(9)12/h3-9H,10-11H2,1-2H3;2-4H,5H2,1H3,(H,13,15). The minimum absolute atomic E-state index is 0.0403. The van der Waals surface area contributed by atoms with Crippen molar-refractivity contribution in [2.24, 2.45) is 7.05 Å². The Morgan fingerprint density at radius 3 is 2.14 bits per heavy atom. The number of methoxy groups -OCH3 is 1. The monoisotopic (exact) mass is 604 g/mol. The zero-order valence-electron chi connectivity index (χ0n) is 23.2. The third kappa shape index (κ3) is 5.99. The van der Waals surface area contributed by atoms with Gasteiger partial charge in [-0.3, -0.25) is 14.4 Å². The summed E-state index contributed by atoms with van der Waals surface area (Å²) in [7, 11) is 2.59. The first kappa shape index (κ1) is 31.3. The molecule has 3 aromatic carbocycles. The molecule has 226 valence electrons. The van der Waals surface area contributed by atoms with E-state index in [1.165, 1.54) is 35.9 Å². The van der Waals surface area contributed by atoms with Crippen molar-refractivity contribution in [3.05, 3.63) is 116 Å². The van der Waals surface area contributed by atoms with Crippen molar-refractivity contribution in [3.63, 3.8) is 0 Å². The molecule has 1 amide bonds. The highest BCUT2D eigenvalue weighted by molar-refractivity contribution is 5.96. The molecule has 0 radical (unpaired) electrons. The molecule has 1 heterocycles. The van der Waals surface area contributed by atoms with E-state index in [1.54, 1.807) is 25.1 Å². The Labute approximate surface area is 241 Å². The van der Waals surface area contributed by atoms with Crippen LogP contribution in [0.1, 0.15) is 45.5 Å². The number of aromatic nitrogens is 1. The van der Waals surface area contributed by atoms with E-state index in [0.29, 0.717) is 18.4 Å². The van der Waals surface area contributed by atoms with Gasteiger partial charge >= 0.3 is 12.1 Å². The number of nitrogens with zero attached hydrogens (tertiary/aromatic N) is 1. The number of pyridine rings is 1. The van der Waals surface area contributed by atoms with Gasteiger partial charge in [-0.25, -0.2) is 13.2 Å². The number of amides is 1. The third-order valence-electron chi connectivity index (χ3n) is 7.33. The minimum Gasteiger partial charge on any atom is -0.468 e. The summed E-state index contributed by atoms with van der Waals surface area (Å²) in [6.45, 7) is 1.13. The Hall–Kier alpha value is -4.61. The second kappa shape index (κ2) is 11.9. The lowest BCUT2D eigenvalue weighted by Gasteiger charge is -2.24. The molecule has 6 nitrogen and oxygen atoms in total. The van der Waals surface area contributed by atoms with Crippen LogP contribution in [0.15, 0.2) is 65.5 Å². The van der Waals surface area contributed by atoms with Gasteiger partial charge < -0.3 is 14.6 Å². The fraction of sp³-hybridized carbons (Fsp3) is 0.258. The number of nitrogens with one attached hydrogen (secondary N) is 1. The molecule has 1 fully saturated rings. The topological polar surface area (TPSA) is 77.4 Å². The summed E-state index contributed by atoms with van der Waals surface area (Å²) in [5, 5.41) is 2.00. The minimum atomic E-state index is -4.72. The van der Waals surface area contributed by atoms with Gasteiger partial charge in [-0.1, -0.05) is 42.5 Å². The maximum Gasteiger partial charge on any atom is 0.417 e. The largest absolute Gasteiger partial charge is 0.468 e. The first-order chi connectivity index (χ1) is 20.2. The van der Waals surface area contributed by atoms with Crippen molar-refractivity contribution < 1.29 is 40.7 Å². The van der Waals surface area contributed by atoms with E-state index in [2.05, 4.69) is 4.74 Å². The number of para-hydroxylation sites is 1. The maximum atomic E-state index is 14.8. The normalized spacial score (nSPS) is 13.6. The van der Waals surface area contributed by atoms with Crippen LogP contribution in [-0.2, 0) is 28.2 Å². The van der Waals surface area contributed by atoms with Gasteiger partial charge in [0.1, 0.15) is 29.6 Å². The summed E-state index contributed by atoms with van der Waals surface area (Å²) in [4.78, 5) is 35.0. The molecule has 1 aromatic heterocycles. The number of rotatable bonds is 5. The van der Waals surface area contributed by atoms with Crippen molar-refractivity contribution in [2.45, 2.75) is 31.4 Å². The van der Waals surface area contributed by atoms with Gasteiger partial charge in [0.25, 0.3) is 11.5 Å². The lowest BCUT2D eigenvalue weighted by atomic mass is 9.83. The number of hydrogen-bond acceptors (Lipinski definition) is 4. The number of carbonyl (C=O) groups is 2. The van der Waals surface area contributed by atoms with E-state index in [0.717, 1.165) is 25.3 Å². The Morgan fingerprint density at radius 2 is 1.56 bits per heavy atom. The van der Waals surface area contributed by atoms with Gasteiger partial charge in [0, 0.05) is 23.4 Å². The van der Waals surface area contributed by atoms with Crippen LogP contribution in [0.3, 0.4) is 0 Å². The Morgan fingerprint density at radius 1 is 0.953 bits per heavy atom. The van der Waals surface area contributed by atoms with E-state index in [4.69, 9.17) is 0 Å². The van der Waals surface area contributed by atoms with Crippen LogP contribution in [0.2, 0.25) is 0 Å². The molecule has 0 unspecified atom stereocenters. The van der Waals surface area contributed by atoms with Gasteiger partial charge in [0.15, 0.2) is 0 Å². The van der Waals surface area contributed by atoms with E-state index < -0.39 is 64.2 Å². The number of carbonyl (C=O) groups excluding carboxylic acids is 2. The van der Waals surface area contributed by atoms with Crippen LogP contribution < -0.4 is 10.9 Å². The average Bonchev–Trinajstić information content (AvgIpc) is 3.76. The zero-order valence-corrected chi connectivity index (χ0v) is 23.2. The van der Waals surface area contributed by atoms with Gasteiger partial charge in [0.05, 0.1) is 18.2 Å². The second-order valence-corrected chi connectivity index (χ2v) is 10.0. The molecule has 1 N–H and O–H groups in total. The lowest BCUT2D eigenvalue weighted by molar-refractivity contribution is -0.139. The third-order valence-corrected chi connectivity index (χ3v) is 7.33. The summed E-state index contributed by atoms with van der Waals surface area (Å²) >= 11 is 0. The number of hydrogen-bond donors (Lipinski definition) is 1. The number of aryl methyl sites for hydroxylation is 2. The zero-order chi connectivity index (χ0) is 31.7. The number of alkyl halides is 3. The highest BCUT2D eigenvalue weighted by Crippen LogP contribution is 2.56. The van der Waals surface area contributed by atoms with Crippen LogP contribution in [0.5, 0.6) is 0 Å². The van der Waals surface area contributed by atoms with Gasteiger partial charge in [-0.05, 0) is 49.1 Å². The predicted octanol–water partition coefficient (Wildman–Crippen LogP) is 5.95. The number of esters is 1. The molecular formula is C31H26F6N2O4. The number of benzene rings is 3. The van der Waals surface area contributed by atoms with Crippen molar-refractivity contribution >= 4 is 22.8 Å². The molecule has 0 spiro atoms. The SMILES string of the molecule is COC(=O)CNC(=O)c1c(F)cccc1F.Cc1cccc(C2(c3c(C(F)(F)F)c4ccccc4n(C)c3=O)CC2)c1F. The van der Waals surface area contributed by atoms with E-state index >= 15 is 0 Å². The number of ether oxygens (including phenoxy) is 1. The van der Waals surface area contributed by atoms with E-state index in [1.807, 2.05) is 5.32 Å². The fourth-order valence-electron chi connectivity index (χ4n) is 5.06. The first-order valence-electron chi connectivity index (χ1n) is 13.0. The molecule has 4 aromatic rings. The number of fused-ring (bicyclic) bond motifs is 1. The summed E-state index contributed by atoms with van der Waals surface area (Å²) < 4.78 is 88.8. The fourth-order valence-corrected chi connectivity index (χ4v) is 5.06. The van der Waals surface area contributed by atoms with Crippen molar-refractivity contribution in [1.82, 2.24) is 9.88 Å². The quantitative estimate of drug-likeness (QED) is 0.226. The van der Waals surface area contributed by atoms with E-state index in [9.17, 15) is 40.7 Å². The summed E-state index contributed by atoms with van der Waals surface area (Å²) in [5.41, 5.74) is -3.24. The molecule has 0 saturated heterocycles. The Balaban J connectivity index is 0.000000227. The highest BCUT2D eigenvalue weighted by atomic mass is 19.4. The summed E-state index contributed by atoms with van der Waals surface area (Å²) in [5.74, 6) is -4.21. The average molecular weight is 605 g/mol. The van der Waals surface area contributed by atoms with E-state index in [-0.39, 0.29) is 22.0 Å². The lowest BCUT2D eigenvalue weighted by Crippen LogP contribution is -2.33. The molecule has 1 aliphatic rings. The second-order valence-electron chi connectivity index (χ2n) is 10.0. The van der Waals surface area contributed by atoms with Crippen molar-refractivity contribution in [3.8, 4) is 0 Å². The van der Waals surface area contributed by atoms with Crippen LogP contribution >= 0.6 is 0 Å². The van der Waals surface area contributed by atoms with Crippen molar-refractivity contribution in [2.75, 3.05) is 13.7 Å². The summed E-state index contributed by atoms with van der Waals surface area (Å²) in [6.07, 6.45) is -4.10. The summed E-state index contributed by atoms with van der Waals surface area (Å²) in [6, 6.07) is 13.7. The molecule has 1 saturated carbocycles. The molecule has 43 heavy (non-hydrogen) atoms. The molecule has 12 heteroatoms. The molecule has 1 aliphatic carbocycles. The molecule has 0 bridgehead atoms. The van der Waals surface area contributed by atoms with Crippen LogP contribution in [0.4, 0.5) is 26.3 Å². The van der Waals surface area contributed by atoms with Crippen molar-refractivity contribution in [1.29, 1.82) is 0 Å². The molecular weight excluding hydrogens is 578 g/mol. The first-order valence-corrected chi connectivity index (χ1v) is 13.0. The maximum absolute atomic E-state index is 14.8. The van der Waals surface area contributed by atoms with Crippen LogP contribution in [0.25, 0.3) is 10.9 Å². The van der Waals surface area contributed by atoms with Gasteiger partial charge in [0.2, 0.25) is 0 Å². The number of halogens is 6. The smallest absolute Gasteiger partial charge is 0.417 e. The van der Waals surface area contributed by atoms with Gasteiger partial charge in [-0.2, -0.15) is 13.2 Å². The van der Waals surface area contributed by atoms with Crippen LogP contribution in [0, 0.1) is 24.4 Å². The highest BCUT2D eigenvalue weighted by Gasteiger charge is 2.54. The van der Waals surface area contributed by atoms with Crippen LogP contribution in [-0.4, -0.2) is 30.1 Å². The molecule has 0 aliphatic heterocycles. The molecule has 0 atom stereocenters. The predicted molar refractivity (Wildman–Crippen MR) is 146 cm³/mol. The Bertz CT molecular complexity index is 1760. The molecule has 5 rings (SSSR count). The van der Waals surface area contributed by atoms with Gasteiger partial charge in [-0.15, -0.1) is 0 Å². The Kier molecular flexibility index (Phi) is 8.70.